The first-order valence-electron chi connectivity index (χ1n) is 7.74. The SMILES string of the molecule is Clc1ccc(CN2CCc3cc(N4CCOCC4)ccc32)s1. The summed E-state index contributed by atoms with van der Waals surface area (Å²) in [7, 11) is 0. The van der Waals surface area contributed by atoms with Crippen LogP contribution in [0.2, 0.25) is 4.34 Å². The molecule has 1 fully saturated rings. The highest BCUT2D eigenvalue weighted by Gasteiger charge is 2.21. The zero-order valence-electron chi connectivity index (χ0n) is 12.4. The number of nitrogens with zero attached hydrogens (tertiary/aromatic N) is 2. The lowest BCUT2D eigenvalue weighted by atomic mass is 10.1. The molecule has 2 aromatic rings. The lowest BCUT2D eigenvalue weighted by Crippen LogP contribution is -2.36. The van der Waals surface area contributed by atoms with Gasteiger partial charge in [-0.25, -0.2) is 0 Å². The van der Waals surface area contributed by atoms with Crippen LogP contribution >= 0.6 is 22.9 Å². The van der Waals surface area contributed by atoms with E-state index in [-0.39, 0.29) is 0 Å². The highest BCUT2D eigenvalue weighted by Crippen LogP contribution is 2.34. The molecule has 0 spiro atoms. The molecule has 0 N–H and O–H groups in total. The van der Waals surface area contributed by atoms with Crippen LogP contribution in [0.1, 0.15) is 10.4 Å². The van der Waals surface area contributed by atoms with Gasteiger partial charge in [-0.3, -0.25) is 0 Å². The molecule has 0 saturated carbocycles. The summed E-state index contributed by atoms with van der Waals surface area (Å²) in [5.74, 6) is 0. The molecule has 0 radical (unpaired) electrons. The van der Waals surface area contributed by atoms with Crippen molar-refractivity contribution in [3.8, 4) is 0 Å². The second kappa shape index (κ2) is 6.11. The van der Waals surface area contributed by atoms with E-state index >= 15 is 0 Å². The Morgan fingerprint density at radius 2 is 1.95 bits per heavy atom. The average Bonchev–Trinajstić information content (AvgIpc) is 3.15. The van der Waals surface area contributed by atoms with Crippen LogP contribution in [-0.2, 0) is 17.7 Å². The minimum Gasteiger partial charge on any atom is -0.378 e. The van der Waals surface area contributed by atoms with Crippen molar-refractivity contribution in [1.29, 1.82) is 0 Å². The third-order valence-electron chi connectivity index (χ3n) is 4.41. The van der Waals surface area contributed by atoms with E-state index in [1.165, 1.54) is 21.8 Å². The Kier molecular flexibility index (Phi) is 3.99. The summed E-state index contributed by atoms with van der Waals surface area (Å²) in [6.45, 7) is 5.72. The zero-order chi connectivity index (χ0) is 14.9. The lowest BCUT2D eigenvalue weighted by molar-refractivity contribution is 0.122. The van der Waals surface area contributed by atoms with E-state index < -0.39 is 0 Å². The van der Waals surface area contributed by atoms with Gasteiger partial charge in [0.25, 0.3) is 0 Å². The number of fused-ring (bicyclic) bond motifs is 1. The Bertz CT molecular complexity index is 666. The number of halogens is 1. The number of rotatable bonds is 3. The number of hydrogen-bond acceptors (Lipinski definition) is 4. The van der Waals surface area contributed by atoms with Crippen molar-refractivity contribution in [3.05, 3.63) is 45.1 Å². The van der Waals surface area contributed by atoms with Gasteiger partial charge in [-0.15, -0.1) is 11.3 Å². The minimum atomic E-state index is 0.836. The molecule has 0 unspecified atom stereocenters. The highest BCUT2D eigenvalue weighted by atomic mass is 35.5. The molecule has 3 nitrogen and oxygen atoms in total. The summed E-state index contributed by atoms with van der Waals surface area (Å²) < 4.78 is 6.31. The zero-order valence-corrected chi connectivity index (χ0v) is 14.0. The molecule has 0 bridgehead atoms. The van der Waals surface area contributed by atoms with Crippen LogP contribution < -0.4 is 9.80 Å². The number of anilines is 2. The van der Waals surface area contributed by atoms with Gasteiger partial charge in [-0.05, 0) is 42.3 Å². The number of ether oxygens (including phenoxy) is 1. The van der Waals surface area contributed by atoms with Crippen LogP contribution in [0, 0.1) is 0 Å². The molecule has 4 rings (SSSR count). The molecule has 2 aliphatic rings. The van der Waals surface area contributed by atoms with Gasteiger partial charge >= 0.3 is 0 Å². The van der Waals surface area contributed by atoms with Gasteiger partial charge in [0.2, 0.25) is 0 Å². The predicted octanol–water partition coefficient (Wildman–Crippen LogP) is 3.80. The van der Waals surface area contributed by atoms with Crippen LogP contribution in [0.15, 0.2) is 30.3 Å². The van der Waals surface area contributed by atoms with Crippen LogP contribution in [-0.4, -0.2) is 32.8 Å². The fraction of sp³-hybridized carbons (Fsp3) is 0.412. The van der Waals surface area contributed by atoms with E-state index in [4.69, 9.17) is 16.3 Å². The molecular weight excluding hydrogens is 316 g/mol. The van der Waals surface area contributed by atoms with Gasteiger partial charge in [-0.1, -0.05) is 11.6 Å². The van der Waals surface area contributed by atoms with Crippen molar-refractivity contribution < 1.29 is 4.74 Å². The van der Waals surface area contributed by atoms with Crippen LogP contribution in [0.25, 0.3) is 0 Å². The molecule has 3 heterocycles. The normalized spacial score (nSPS) is 17.9. The highest BCUT2D eigenvalue weighted by molar-refractivity contribution is 7.16. The van der Waals surface area contributed by atoms with Gasteiger partial charge < -0.3 is 14.5 Å². The number of hydrogen-bond donors (Lipinski definition) is 0. The van der Waals surface area contributed by atoms with Gasteiger partial charge in [0.05, 0.1) is 24.1 Å². The first-order chi connectivity index (χ1) is 10.8. The number of thiophene rings is 1. The van der Waals surface area contributed by atoms with Crippen molar-refractivity contribution in [2.75, 3.05) is 42.6 Å². The summed E-state index contributed by atoms with van der Waals surface area (Å²) in [5.41, 5.74) is 4.18. The molecule has 0 amide bonds. The van der Waals surface area contributed by atoms with Gasteiger partial charge in [0.15, 0.2) is 0 Å². The number of benzene rings is 1. The third-order valence-corrected chi connectivity index (χ3v) is 5.62. The quantitative estimate of drug-likeness (QED) is 0.849. The second-order valence-corrected chi connectivity index (χ2v) is 7.59. The predicted molar refractivity (Wildman–Crippen MR) is 93.6 cm³/mol. The molecule has 5 heteroatoms. The maximum Gasteiger partial charge on any atom is 0.0931 e. The molecule has 22 heavy (non-hydrogen) atoms. The van der Waals surface area contributed by atoms with E-state index in [1.807, 2.05) is 6.07 Å². The summed E-state index contributed by atoms with van der Waals surface area (Å²) >= 11 is 7.71. The molecule has 0 aliphatic carbocycles. The van der Waals surface area contributed by atoms with Crippen LogP contribution in [0.5, 0.6) is 0 Å². The number of morpholine rings is 1. The molecule has 1 saturated heterocycles. The van der Waals surface area contributed by atoms with E-state index in [1.54, 1.807) is 11.3 Å². The first kappa shape index (κ1) is 14.4. The largest absolute Gasteiger partial charge is 0.378 e. The molecule has 116 valence electrons. The van der Waals surface area contributed by atoms with E-state index in [9.17, 15) is 0 Å². The van der Waals surface area contributed by atoms with Crippen molar-refractivity contribution in [2.24, 2.45) is 0 Å². The fourth-order valence-corrected chi connectivity index (χ4v) is 4.37. The topological polar surface area (TPSA) is 15.7 Å². The monoisotopic (exact) mass is 334 g/mol. The average molecular weight is 335 g/mol. The van der Waals surface area contributed by atoms with Gasteiger partial charge in [-0.2, -0.15) is 0 Å². The maximum atomic E-state index is 6.04. The third kappa shape index (κ3) is 2.83. The van der Waals surface area contributed by atoms with Crippen molar-refractivity contribution >= 4 is 34.3 Å². The molecule has 2 aliphatic heterocycles. The molecule has 1 aromatic heterocycles. The second-order valence-electron chi connectivity index (χ2n) is 5.79. The lowest BCUT2D eigenvalue weighted by Gasteiger charge is -2.29. The fourth-order valence-electron chi connectivity index (χ4n) is 3.26. The Morgan fingerprint density at radius 1 is 1.09 bits per heavy atom. The summed E-state index contributed by atoms with van der Waals surface area (Å²) in [6, 6.07) is 11.0. The molecular formula is C17H19ClN2OS. The standard InChI is InChI=1S/C17H19ClN2OS/c18-17-4-2-15(22-17)12-20-6-5-13-11-14(1-3-16(13)20)19-7-9-21-10-8-19/h1-4,11H,5-10,12H2. The van der Waals surface area contributed by atoms with Crippen molar-refractivity contribution in [2.45, 2.75) is 13.0 Å². The maximum absolute atomic E-state index is 6.04. The Balaban J connectivity index is 1.52. The molecule has 0 atom stereocenters. The van der Waals surface area contributed by atoms with Gasteiger partial charge in [0, 0.05) is 35.9 Å². The van der Waals surface area contributed by atoms with Crippen molar-refractivity contribution in [1.82, 2.24) is 0 Å². The summed E-state index contributed by atoms with van der Waals surface area (Å²) in [5, 5.41) is 0. The van der Waals surface area contributed by atoms with Gasteiger partial charge in [0.1, 0.15) is 0 Å². The Hall–Kier alpha value is -1.23. The van der Waals surface area contributed by atoms with Crippen molar-refractivity contribution in [3.63, 3.8) is 0 Å². The van der Waals surface area contributed by atoms with Crippen LogP contribution in [0.3, 0.4) is 0 Å². The smallest absolute Gasteiger partial charge is 0.0931 e. The molecule has 1 aromatic carbocycles. The minimum absolute atomic E-state index is 0.836. The van der Waals surface area contributed by atoms with E-state index in [0.717, 1.165) is 50.1 Å². The van der Waals surface area contributed by atoms with E-state index in [2.05, 4.69) is 34.1 Å². The van der Waals surface area contributed by atoms with E-state index in [0.29, 0.717) is 0 Å². The summed E-state index contributed by atoms with van der Waals surface area (Å²) in [4.78, 5) is 6.21. The summed E-state index contributed by atoms with van der Waals surface area (Å²) in [6.07, 6.45) is 1.13. The Morgan fingerprint density at radius 3 is 2.73 bits per heavy atom. The first-order valence-corrected chi connectivity index (χ1v) is 8.94. The Labute approximate surface area is 140 Å². The van der Waals surface area contributed by atoms with Crippen LogP contribution in [0.4, 0.5) is 11.4 Å².